The Bertz CT molecular complexity index is 847. The lowest BCUT2D eigenvalue weighted by atomic mass is 9.64. The highest BCUT2D eigenvalue weighted by atomic mass is 16.1. The molecule has 0 saturated heterocycles. The molecule has 3 aliphatic carbocycles. The maximum atomic E-state index is 12.7. The maximum Gasteiger partial charge on any atom is 0.133 e. The summed E-state index contributed by atoms with van der Waals surface area (Å²) in [5.41, 5.74) is 2.86. The summed E-state index contributed by atoms with van der Waals surface area (Å²) < 4.78 is 0. The second-order valence-corrected chi connectivity index (χ2v) is 11.1. The van der Waals surface area contributed by atoms with Crippen LogP contribution in [0.1, 0.15) is 114 Å². The molecule has 4 unspecified atom stereocenters. The van der Waals surface area contributed by atoms with Crippen molar-refractivity contribution in [3.05, 3.63) is 59.7 Å². The van der Waals surface area contributed by atoms with Crippen LogP contribution in [-0.2, 0) is 9.59 Å². The van der Waals surface area contributed by atoms with Crippen LogP contribution in [0.15, 0.2) is 54.1 Å². The molecule has 3 aliphatic rings. The molecular formula is C32H44O2. The van der Waals surface area contributed by atoms with Crippen molar-refractivity contribution in [2.24, 2.45) is 17.8 Å². The summed E-state index contributed by atoms with van der Waals surface area (Å²) >= 11 is 0. The average molecular weight is 461 g/mol. The van der Waals surface area contributed by atoms with Crippen LogP contribution in [-0.4, -0.2) is 11.6 Å². The molecule has 2 saturated carbocycles. The summed E-state index contributed by atoms with van der Waals surface area (Å²) in [7, 11) is 0. The van der Waals surface area contributed by atoms with Gasteiger partial charge < -0.3 is 0 Å². The molecule has 4 rings (SSSR count). The number of benzene rings is 1. The summed E-state index contributed by atoms with van der Waals surface area (Å²) in [6.45, 7) is 0. The molecule has 4 atom stereocenters. The number of carbonyl (C=O) groups excluding carboxylic acids is 2. The van der Waals surface area contributed by atoms with E-state index in [0.29, 0.717) is 42.7 Å². The number of carbonyl (C=O) groups is 2. The van der Waals surface area contributed by atoms with Crippen molar-refractivity contribution in [1.82, 2.24) is 0 Å². The maximum absolute atomic E-state index is 12.7. The minimum atomic E-state index is 0.335. The van der Waals surface area contributed by atoms with E-state index in [0.717, 1.165) is 50.4 Å². The molecule has 0 amide bonds. The predicted molar refractivity (Wildman–Crippen MR) is 141 cm³/mol. The third-order valence-electron chi connectivity index (χ3n) is 8.77. The van der Waals surface area contributed by atoms with Gasteiger partial charge in [-0.2, -0.15) is 0 Å². The van der Waals surface area contributed by atoms with Crippen LogP contribution in [0, 0.1) is 17.8 Å². The monoisotopic (exact) mass is 460 g/mol. The molecule has 1 aromatic rings. The van der Waals surface area contributed by atoms with Gasteiger partial charge in [-0.05, 0) is 68.3 Å². The lowest BCUT2D eigenvalue weighted by Crippen LogP contribution is -2.32. The molecule has 0 aliphatic heterocycles. The first-order valence-corrected chi connectivity index (χ1v) is 14.1. The summed E-state index contributed by atoms with van der Waals surface area (Å²) in [5.74, 6) is 3.48. The number of ketones is 2. The van der Waals surface area contributed by atoms with Crippen molar-refractivity contribution in [2.75, 3.05) is 0 Å². The third-order valence-corrected chi connectivity index (χ3v) is 8.77. The molecular weight excluding hydrogens is 416 g/mol. The first kappa shape index (κ1) is 25.1. The first-order valence-electron chi connectivity index (χ1n) is 14.1. The average Bonchev–Trinajstić information content (AvgIpc) is 2.88. The summed E-state index contributed by atoms with van der Waals surface area (Å²) in [4.78, 5) is 25.2. The van der Waals surface area contributed by atoms with Crippen LogP contribution in [0.2, 0.25) is 0 Å². The van der Waals surface area contributed by atoms with Crippen LogP contribution < -0.4 is 0 Å². The largest absolute Gasteiger partial charge is 0.300 e. The lowest BCUT2D eigenvalue weighted by Gasteiger charge is -2.41. The number of Topliss-reactive ketones (excluding diaryl/α,β-unsaturated/α-hetero) is 2. The standard InChI is InChI=1S/C32H44O2/c33-29(19-10-21-30(34)24-28-18-9-17-27-16-7-8-22-32(27)28)20-11-23-31(25-12-3-1-4-13-25)26-14-5-2-6-15-26/h1-5,12-14,27-28,31-32H,6-11,15-24H2. The molecule has 0 spiro atoms. The Morgan fingerprint density at radius 2 is 1.62 bits per heavy atom. The van der Waals surface area contributed by atoms with E-state index < -0.39 is 0 Å². The first-order chi connectivity index (χ1) is 16.7. The Morgan fingerprint density at radius 3 is 2.44 bits per heavy atom. The minimum absolute atomic E-state index is 0.335. The highest BCUT2D eigenvalue weighted by Crippen LogP contribution is 2.45. The van der Waals surface area contributed by atoms with Gasteiger partial charge in [0, 0.05) is 31.6 Å². The summed E-state index contributed by atoms with van der Waals surface area (Å²) in [5, 5.41) is 0. The van der Waals surface area contributed by atoms with Crippen LogP contribution >= 0.6 is 0 Å². The molecule has 0 radical (unpaired) electrons. The highest BCUT2D eigenvalue weighted by molar-refractivity contribution is 5.81. The van der Waals surface area contributed by atoms with Crippen molar-refractivity contribution in [1.29, 1.82) is 0 Å². The Kier molecular flexibility index (Phi) is 9.77. The molecule has 184 valence electrons. The van der Waals surface area contributed by atoms with Crippen molar-refractivity contribution in [3.8, 4) is 0 Å². The number of hydrogen-bond donors (Lipinski definition) is 0. The fourth-order valence-electron chi connectivity index (χ4n) is 6.99. The van der Waals surface area contributed by atoms with Crippen molar-refractivity contribution in [3.63, 3.8) is 0 Å². The van der Waals surface area contributed by atoms with Gasteiger partial charge in [0.25, 0.3) is 0 Å². The summed E-state index contributed by atoms with van der Waals surface area (Å²) in [6, 6.07) is 10.7. The fourth-order valence-corrected chi connectivity index (χ4v) is 6.99. The van der Waals surface area contributed by atoms with Gasteiger partial charge in [0.15, 0.2) is 0 Å². The molecule has 2 nitrogen and oxygen atoms in total. The van der Waals surface area contributed by atoms with Gasteiger partial charge in [-0.1, -0.05) is 86.2 Å². The molecule has 0 aromatic heterocycles. The Balaban J connectivity index is 1.16. The van der Waals surface area contributed by atoms with E-state index in [1.165, 1.54) is 56.1 Å². The van der Waals surface area contributed by atoms with Crippen LogP contribution in [0.5, 0.6) is 0 Å². The van der Waals surface area contributed by atoms with Gasteiger partial charge >= 0.3 is 0 Å². The molecule has 1 aromatic carbocycles. The van der Waals surface area contributed by atoms with Crippen LogP contribution in [0.3, 0.4) is 0 Å². The van der Waals surface area contributed by atoms with E-state index in [-0.39, 0.29) is 0 Å². The zero-order valence-corrected chi connectivity index (χ0v) is 21.1. The second kappa shape index (κ2) is 13.2. The minimum Gasteiger partial charge on any atom is -0.300 e. The Morgan fingerprint density at radius 1 is 0.853 bits per heavy atom. The zero-order valence-electron chi connectivity index (χ0n) is 21.1. The number of hydrogen-bond acceptors (Lipinski definition) is 2. The fraction of sp³-hybridized carbons (Fsp3) is 0.625. The predicted octanol–water partition coefficient (Wildman–Crippen LogP) is 8.52. The van der Waals surface area contributed by atoms with Gasteiger partial charge in [0.1, 0.15) is 11.6 Å². The molecule has 0 N–H and O–H groups in total. The Labute approximate surface area is 207 Å². The SMILES string of the molecule is O=C(CCCC(=O)CC1CCCC2CCCCC21)CCCC(C1=CC=CCC1)c1ccccc1. The van der Waals surface area contributed by atoms with Gasteiger partial charge in [0.05, 0.1) is 0 Å². The van der Waals surface area contributed by atoms with Gasteiger partial charge in [-0.25, -0.2) is 0 Å². The molecule has 2 fully saturated rings. The van der Waals surface area contributed by atoms with E-state index >= 15 is 0 Å². The highest BCUT2D eigenvalue weighted by Gasteiger charge is 2.35. The molecule has 34 heavy (non-hydrogen) atoms. The van der Waals surface area contributed by atoms with Crippen LogP contribution in [0.4, 0.5) is 0 Å². The molecule has 2 heteroatoms. The lowest BCUT2D eigenvalue weighted by molar-refractivity contribution is -0.121. The number of allylic oxidation sites excluding steroid dienone is 4. The van der Waals surface area contributed by atoms with E-state index in [2.05, 4.69) is 48.6 Å². The van der Waals surface area contributed by atoms with E-state index in [1.807, 2.05) is 0 Å². The van der Waals surface area contributed by atoms with E-state index in [9.17, 15) is 9.59 Å². The van der Waals surface area contributed by atoms with Crippen molar-refractivity contribution >= 4 is 11.6 Å². The van der Waals surface area contributed by atoms with Crippen molar-refractivity contribution in [2.45, 2.75) is 109 Å². The number of rotatable bonds is 12. The quantitative estimate of drug-likeness (QED) is 0.313. The topological polar surface area (TPSA) is 34.1 Å². The number of fused-ring (bicyclic) bond motifs is 1. The van der Waals surface area contributed by atoms with E-state index in [4.69, 9.17) is 0 Å². The second-order valence-electron chi connectivity index (χ2n) is 11.1. The Hall–Kier alpha value is -1.96. The van der Waals surface area contributed by atoms with Gasteiger partial charge in [-0.3, -0.25) is 9.59 Å². The normalized spacial score (nSPS) is 25.3. The van der Waals surface area contributed by atoms with E-state index in [1.54, 1.807) is 0 Å². The van der Waals surface area contributed by atoms with Crippen LogP contribution in [0.25, 0.3) is 0 Å². The smallest absolute Gasteiger partial charge is 0.133 e. The summed E-state index contributed by atoms with van der Waals surface area (Å²) in [6.07, 6.45) is 23.7. The molecule has 0 bridgehead atoms. The molecule has 0 heterocycles. The van der Waals surface area contributed by atoms with Gasteiger partial charge in [0.2, 0.25) is 0 Å². The van der Waals surface area contributed by atoms with Gasteiger partial charge in [-0.15, -0.1) is 0 Å². The zero-order chi connectivity index (χ0) is 23.6. The third kappa shape index (κ3) is 7.27. The van der Waals surface area contributed by atoms with Crippen molar-refractivity contribution < 1.29 is 9.59 Å².